The second kappa shape index (κ2) is 6.58. The fourth-order valence-corrected chi connectivity index (χ4v) is 2.35. The summed E-state index contributed by atoms with van der Waals surface area (Å²) in [4.78, 5) is 22.6. The lowest BCUT2D eigenvalue weighted by molar-refractivity contribution is 0.0697. The first-order valence-corrected chi connectivity index (χ1v) is 6.75. The van der Waals surface area contributed by atoms with Gasteiger partial charge in [0.1, 0.15) is 0 Å². The minimum atomic E-state index is -1.10. The van der Waals surface area contributed by atoms with Gasteiger partial charge in [0.2, 0.25) is 0 Å². The summed E-state index contributed by atoms with van der Waals surface area (Å²) < 4.78 is 0. The second-order valence-electron chi connectivity index (χ2n) is 4.62. The number of carboxylic acid groups (broad SMARTS) is 1. The van der Waals surface area contributed by atoms with Crippen molar-refractivity contribution < 1.29 is 14.7 Å². The zero-order valence-electron chi connectivity index (χ0n) is 10.8. The number of hydrogen-bond donors (Lipinski definition) is 4. The number of amides is 2. The van der Waals surface area contributed by atoms with Crippen LogP contribution in [0.25, 0.3) is 0 Å². The molecule has 2 amide bonds. The van der Waals surface area contributed by atoms with E-state index in [0.717, 1.165) is 25.9 Å². The van der Waals surface area contributed by atoms with Crippen molar-refractivity contribution in [2.75, 3.05) is 18.4 Å². The number of anilines is 1. The first-order valence-electron chi connectivity index (χ1n) is 6.37. The summed E-state index contributed by atoms with van der Waals surface area (Å²) in [5.74, 6) is -1.10. The average Bonchev–Trinajstić information content (AvgIpc) is 2.39. The predicted molar refractivity (Wildman–Crippen MR) is 76.5 cm³/mol. The van der Waals surface area contributed by atoms with Crippen molar-refractivity contribution in [1.29, 1.82) is 0 Å². The highest BCUT2D eigenvalue weighted by atomic mass is 35.5. The number of hydrogen-bond acceptors (Lipinski definition) is 3. The molecule has 0 spiro atoms. The van der Waals surface area contributed by atoms with E-state index in [1.54, 1.807) is 0 Å². The fraction of sp³-hybridized carbons (Fsp3) is 0.385. The number of urea groups is 1. The highest BCUT2D eigenvalue weighted by molar-refractivity contribution is 6.33. The van der Waals surface area contributed by atoms with Crippen molar-refractivity contribution in [2.45, 2.75) is 18.9 Å². The van der Waals surface area contributed by atoms with Crippen LogP contribution < -0.4 is 16.0 Å². The number of carboxylic acids is 1. The van der Waals surface area contributed by atoms with Gasteiger partial charge in [-0.3, -0.25) is 0 Å². The maximum absolute atomic E-state index is 11.8. The van der Waals surface area contributed by atoms with Crippen molar-refractivity contribution in [3.63, 3.8) is 0 Å². The van der Waals surface area contributed by atoms with E-state index in [0.29, 0.717) is 5.69 Å². The summed E-state index contributed by atoms with van der Waals surface area (Å²) in [5.41, 5.74) is 0.474. The van der Waals surface area contributed by atoms with Crippen molar-refractivity contribution in [2.24, 2.45) is 0 Å². The molecule has 0 aromatic heterocycles. The quantitative estimate of drug-likeness (QED) is 0.686. The van der Waals surface area contributed by atoms with Gasteiger partial charge in [-0.2, -0.15) is 0 Å². The molecule has 4 N–H and O–H groups in total. The molecule has 1 saturated heterocycles. The average molecular weight is 298 g/mol. The number of piperidine rings is 1. The van der Waals surface area contributed by atoms with Crippen LogP contribution in [-0.4, -0.2) is 36.2 Å². The lowest BCUT2D eigenvalue weighted by Gasteiger charge is -2.23. The lowest BCUT2D eigenvalue weighted by atomic mass is 10.1. The van der Waals surface area contributed by atoms with Gasteiger partial charge in [-0.15, -0.1) is 0 Å². The van der Waals surface area contributed by atoms with E-state index >= 15 is 0 Å². The number of benzene rings is 1. The zero-order chi connectivity index (χ0) is 14.5. The Morgan fingerprint density at radius 3 is 2.60 bits per heavy atom. The zero-order valence-corrected chi connectivity index (χ0v) is 11.5. The molecule has 0 bridgehead atoms. The third kappa shape index (κ3) is 3.85. The Morgan fingerprint density at radius 1 is 1.30 bits per heavy atom. The van der Waals surface area contributed by atoms with Crippen LogP contribution in [0.15, 0.2) is 18.2 Å². The SMILES string of the molecule is O=C(Nc1ccc(C(=O)O)c(Cl)c1)NC1CCNCC1. The summed E-state index contributed by atoms with van der Waals surface area (Å²) in [6.45, 7) is 1.79. The van der Waals surface area contributed by atoms with Crippen LogP contribution in [0.3, 0.4) is 0 Å². The molecule has 0 aliphatic carbocycles. The van der Waals surface area contributed by atoms with Gasteiger partial charge < -0.3 is 21.1 Å². The van der Waals surface area contributed by atoms with E-state index in [9.17, 15) is 9.59 Å². The molecular formula is C13H16ClN3O3. The van der Waals surface area contributed by atoms with Crippen LogP contribution in [0.1, 0.15) is 23.2 Å². The van der Waals surface area contributed by atoms with Crippen molar-refractivity contribution in [3.05, 3.63) is 28.8 Å². The third-order valence-corrected chi connectivity index (χ3v) is 3.44. The van der Waals surface area contributed by atoms with Gasteiger partial charge in [-0.1, -0.05) is 11.6 Å². The summed E-state index contributed by atoms with van der Waals surface area (Å²) in [5, 5.41) is 17.7. The van der Waals surface area contributed by atoms with Gasteiger partial charge >= 0.3 is 12.0 Å². The topological polar surface area (TPSA) is 90.5 Å². The normalized spacial score (nSPS) is 15.7. The molecule has 0 unspecified atom stereocenters. The van der Waals surface area contributed by atoms with Crippen molar-refractivity contribution in [1.82, 2.24) is 10.6 Å². The Hall–Kier alpha value is -1.79. The minimum Gasteiger partial charge on any atom is -0.478 e. The minimum absolute atomic E-state index is 0.0102. The number of aromatic carboxylic acids is 1. The Labute approximate surface area is 121 Å². The molecule has 1 fully saturated rings. The summed E-state index contributed by atoms with van der Waals surface area (Å²) in [7, 11) is 0. The van der Waals surface area contributed by atoms with Crippen molar-refractivity contribution in [3.8, 4) is 0 Å². The molecule has 1 aliphatic heterocycles. The van der Waals surface area contributed by atoms with Crippen LogP contribution in [-0.2, 0) is 0 Å². The standard InChI is InChI=1S/C13H16ClN3O3/c14-11-7-9(1-2-10(11)12(18)19)17-13(20)16-8-3-5-15-6-4-8/h1-2,7-8,15H,3-6H2,(H,18,19)(H2,16,17,20). The first kappa shape index (κ1) is 14.6. The van der Waals surface area contributed by atoms with Gasteiger partial charge in [-0.25, -0.2) is 9.59 Å². The predicted octanol–water partition coefficient (Wildman–Crippen LogP) is 1.91. The molecule has 6 nitrogen and oxygen atoms in total. The Balaban J connectivity index is 1.93. The molecular weight excluding hydrogens is 282 g/mol. The smallest absolute Gasteiger partial charge is 0.337 e. The number of rotatable bonds is 3. The van der Waals surface area contributed by atoms with Gasteiger partial charge in [0.15, 0.2) is 0 Å². The van der Waals surface area contributed by atoms with E-state index in [1.165, 1.54) is 18.2 Å². The van der Waals surface area contributed by atoms with Gasteiger partial charge in [0, 0.05) is 11.7 Å². The molecule has 1 aromatic carbocycles. The number of halogens is 1. The van der Waals surface area contributed by atoms with Gasteiger partial charge in [0.25, 0.3) is 0 Å². The molecule has 0 radical (unpaired) electrons. The Morgan fingerprint density at radius 2 is 2.00 bits per heavy atom. The fourth-order valence-electron chi connectivity index (χ4n) is 2.09. The number of carbonyl (C=O) groups excluding carboxylic acids is 1. The van der Waals surface area contributed by atoms with E-state index in [2.05, 4.69) is 16.0 Å². The molecule has 1 aromatic rings. The molecule has 1 heterocycles. The highest BCUT2D eigenvalue weighted by Gasteiger charge is 2.16. The highest BCUT2D eigenvalue weighted by Crippen LogP contribution is 2.21. The monoisotopic (exact) mass is 297 g/mol. The van der Waals surface area contributed by atoms with Gasteiger partial charge in [-0.05, 0) is 44.1 Å². The largest absolute Gasteiger partial charge is 0.478 e. The van der Waals surface area contributed by atoms with Gasteiger partial charge in [0.05, 0.1) is 10.6 Å². The van der Waals surface area contributed by atoms with Crippen LogP contribution in [0.2, 0.25) is 5.02 Å². The van der Waals surface area contributed by atoms with E-state index < -0.39 is 5.97 Å². The Kier molecular flexibility index (Phi) is 4.81. The summed E-state index contributed by atoms with van der Waals surface area (Å²) in [6, 6.07) is 4.15. The van der Waals surface area contributed by atoms with E-state index in [4.69, 9.17) is 16.7 Å². The molecule has 2 rings (SSSR count). The summed E-state index contributed by atoms with van der Waals surface area (Å²) >= 11 is 5.84. The third-order valence-electron chi connectivity index (χ3n) is 3.13. The molecule has 20 heavy (non-hydrogen) atoms. The Bertz CT molecular complexity index is 516. The number of carbonyl (C=O) groups is 2. The van der Waals surface area contributed by atoms with Crippen LogP contribution in [0.5, 0.6) is 0 Å². The lowest BCUT2D eigenvalue weighted by Crippen LogP contribution is -2.44. The van der Waals surface area contributed by atoms with Crippen LogP contribution in [0, 0.1) is 0 Å². The number of nitrogens with one attached hydrogen (secondary N) is 3. The van der Waals surface area contributed by atoms with E-state index in [1.807, 2.05) is 0 Å². The van der Waals surface area contributed by atoms with Crippen molar-refractivity contribution >= 4 is 29.3 Å². The second-order valence-corrected chi connectivity index (χ2v) is 5.03. The molecule has 0 saturated carbocycles. The van der Waals surface area contributed by atoms with Crippen LogP contribution in [0.4, 0.5) is 10.5 Å². The van der Waals surface area contributed by atoms with Crippen LogP contribution >= 0.6 is 11.6 Å². The molecule has 7 heteroatoms. The maximum Gasteiger partial charge on any atom is 0.337 e. The molecule has 1 aliphatic rings. The first-order chi connectivity index (χ1) is 9.56. The van der Waals surface area contributed by atoms with E-state index in [-0.39, 0.29) is 22.7 Å². The molecule has 0 atom stereocenters. The summed E-state index contributed by atoms with van der Waals surface area (Å²) in [6.07, 6.45) is 1.79. The maximum atomic E-state index is 11.8. The molecule has 108 valence electrons.